The summed E-state index contributed by atoms with van der Waals surface area (Å²) >= 11 is 0. The molecule has 0 saturated carbocycles. The molecule has 4 unspecified atom stereocenters. The first-order chi connectivity index (χ1) is 21.2. The molecule has 3 aromatic carbocycles. The highest BCUT2D eigenvalue weighted by Gasteiger charge is 2.69. The van der Waals surface area contributed by atoms with Crippen LogP contribution in [0.2, 0.25) is 0 Å². The number of carbonyl (C=O) groups excluding carboxylic acids is 2. The number of carboxylic acids is 1. The lowest BCUT2D eigenvalue weighted by molar-refractivity contribution is -0.148. The number of amides is 2. The van der Waals surface area contributed by atoms with E-state index in [0.717, 1.165) is 27.6 Å². The maximum absolute atomic E-state index is 14.7. The second kappa shape index (κ2) is 11.1. The van der Waals surface area contributed by atoms with Gasteiger partial charge in [-0.2, -0.15) is 0 Å². The number of imide groups is 1. The minimum Gasteiger partial charge on any atom is -0.496 e. The van der Waals surface area contributed by atoms with Gasteiger partial charge in [0.15, 0.2) is 0 Å². The molecule has 6 rings (SSSR count). The van der Waals surface area contributed by atoms with E-state index < -0.39 is 41.2 Å². The highest BCUT2D eigenvalue weighted by molar-refractivity contribution is 6.25. The number of aromatic amines is 1. The zero-order valence-electron chi connectivity index (χ0n) is 25.6. The fraction of sp³-hybridized carbons (Fsp3) is 0.343. The topological polar surface area (TPSA) is 121 Å². The van der Waals surface area contributed by atoms with Crippen molar-refractivity contribution < 1.29 is 29.0 Å². The van der Waals surface area contributed by atoms with Crippen LogP contribution in [0.1, 0.15) is 47.7 Å². The van der Waals surface area contributed by atoms with Gasteiger partial charge in [-0.05, 0) is 48.6 Å². The van der Waals surface area contributed by atoms with Crippen molar-refractivity contribution in [2.75, 3.05) is 19.1 Å². The largest absolute Gasteiger partial charge is 0.496 e. The summed E-state index contributed by atoms with van der Waals surface area (Å²) in [5, 5.41) is 15.3. The Morgan fingerprint density at radius 2 is 1.64 bits per heavy atom. The number of methoxy groups -OCH3 is 2. The molecule has 2 saturated heterocycles. The number of aromatic nitrogens is 1. The monoisotopic (exact) mass is 595 g/mol. The number of aryl methyl sites for hydroxylation is 2. The van der Waals surface area contributed by atoms with Crippen LogP contribution in [0.3, 0.4) is 0 Å². The van der Waals surface area contributed by atoms with Gasteiger partial charge in [-0.1, -0.05) is 56.3 Å². The van der Waals surface area contributed by atoms with Crippen LogP contribution >= 0.6 is 0 Å². The van der Waals surface area contributed by atoms with Crippen molar-refractivity contribution in [3.05, 3.63) is 88.6 Å². The number of carbonyl (C=O) groups is 3. The summed E-state index contributed by atoms with van der Waals surface area (Å²) in [6, 6.07) is 16.2. The fourth-order valence-corrected chi connectivity index (χ4v) is 7.44. The summed E-state index contributed by atoms with van der Waals surface area (Å²) in [4.78, 5) is 47.4. The van der Waals surface area contributed by atoms with Gasteiger partial charge in [0.05, 0.1) is 31.7 Å². The number of para-hydroxylation sites is 2. The minimum atomic E-state index is -1.78. The highest BCUT2D eigenvalue weighted by atomic mass is 16.5. The third-order valence-electron chi connectivity index (χ3n) is 9.51. The average molecular weight is 596 g/mol. The van der Waals surface area contributed by atoms with Gasteiger partial charge in [-0.15, -0.1) is 0 Å². The molecule has 0 radical (unpaired) electrons. The molecule has 0 bridgehead atoms. The molecular weight excluding hydrogens is 558 g/mol. The van der Waals surface area contributed by atoms with Crippen LogP contribution in [0, 0.1) is 18.8 Å². The summed E-state index contributed by atoms with van der Waals surface area (Å²) in [5.74, 6) is -3.18. The molecule has 4 aromatic rings. The fourth-order valence-electron chi connectivity index (χ4n) is 7.44. The molecule has 0 aliphatic carbocycles. The molecule has 3 N–H and O–H groups in total. The van der Waals surface area contributed by atoms with Crippen molar-refractivity contribution >= 4 is 34.4 Å². The second-order valence-electron chi connectivity index (χ2n) is 11.6. The third kappa shape index (κ3) is 4.21. The summed E-state index contributed by atoms with van der Waals surface area (Å²) < 4.78 is 11.4. The van der Waals surface area contributed by atoms with Crippen LogP contribution in [0.15, 0.2) is 60.8 Å². The molecule has 4 atom stereocenters. The van der Waals surface area contributed by atoms with E-state index >= 15 is 0 Å². The Hall–Kier alpha value is -4.63. The number of ether oxygens (including phenoxy) is 2. The van der Waals surface area contributed by atoms with Gasteiger partial charge in [0.25, 0.3) is 0 Å². The molecule has 1 aromatic heterocycles. The lowest BCUT2D eigenvalue weighted by atomic mass is 9.76. The molecule has 3 heterocycles. The minimum absolute atomic E-state index is 0.00954. The number of H-pyrrole nitrogens is 1. The standard InChI is InChI=1S/C35H37N3O6/c1-6-20-11-10-12-21(7-2)30(20)38-32(39)27-28(33(38)40)35(34(41)42,17-22-18-36-25-14-9-8-13-23(22)25)37-29(27)24-15-16-26(43-4)19(3)31(24)44-5/h8-16,18,27-29,36-37H,6-7,17H2,1-5H3,(H,41,42). The Morgan fingerprint density at radius 3 is 2.27 bits per heavy atom. The predicted octanol–water partition coefficient (Wildman–Crippen LogP) is 5.13. The molecule has 2 fully saturated rings. The Labute approximate surface area is 256 Å². The normalized spacial score (nSPS) is 22.9. The van der Waals surface area contributed by atoms with Crippen molar-refractivity contribution in [2.24, 2.45) is 11.8 Å². The molecule has 0 spiro atoms. The first kappa shape index (κ1) is 29.4. The van der Waals surface area contributed by atoms with Crippen LogP contribution in [0.4, 0.5) is 5.69 Å². The van der Waals surface area contributed by atoms with Crippen molar-refractivity contribution in [2.45, 2.75) is 51.6 Å². The Balaban J connectivity index is 1.58. The summed E-state index contributed by atoms with van der Waals surface area (Å²) in [6.07, 6.45) is 3.01. The van der Waals surface area contributed by atoms with E-state index in [2.05, 4.69) is 10.3 Å². The molecule has 9 heteroatoms. The lowest BCUT2D eigenvalue weighted by Crippen LogP contribution is -2.57. The van der Waals surface area contributed by atoms with Gasteiger partial charge < -0.3 is 19.6 Å². The molecule has 44 heavy (non-hydrogen) atoms. The Kier molecular flexibility index (Phi) is 7.45. The van der Waals surface area contributed by atoms with E-state index in [0.29, 0.717) is 41.2 Å². The number of rotatable bonds is 9. The molecule has 9 nitrogen and oxygen atoms in total. The van der Waals surface area contributed by atoms with Gasteiger partial charge in [0.1, 0.15) is 17.0 Å². The maximum atomic E-state index is 14.7. The molecule has 2 aliphatic heterocycles. The van der Waals surface area contributed by atoms with E-state index in [1.54, 1.807) is 25.4 Å². The van der Waals surface area contributed by atoms with E-state index in [1.165, 1.54) is 12.0 Å². The summed E-state index contributed by atoms with van der Waals surface area (Å²) in [7, 11) is 3.10. The van der Waals surface area contributed by atoms with E-state index in [4.69, 9.17) is 9.47 Å². The van der Waals surface area contributed by atoms with Gasteiger partial charge in [0.2, 0.25) is 11.8 Å². The quantitative estimate of drug-likeness (QED) is 0.229. The number of nitrogens with zero attached hydrogens (tertiary/aromatic N) is 1. The van der Waals surface area contributed by atoms with Gasteiger partial charge in [0, 0.05) is 40.7 Å². The van der Waals surface area contributed by atoms with Crippen molar-refractivity contribution in [1.82, 2.24) is 10.3 Å². The van der Waals surface area contributed by atoms with Crippen LogP contribution < -0.4 is 19.7 Å². The van der Waals surface area contributed by atoms with Crippen LogP contribution in [-0.4, -0.2) is 47.6 Å². The molecule has 2 aliphatic rings. The van der Waals surface area contributed by atoms with Gasteiger partial charge in [-0.3, -0.25) is 19.7 Å². The van der Waals surface area contributed by atoms with Crippen molar-refractivity contribution in [1.29, 1.82) is 0 Å². The number of anilines is 1. The zero-order valence-corrected chi connectivity index (χ0v) is 25.6. The van der Waals surface area contributed by atoms with Crippen LogP contribution in [0.25, 0.3) is 10.9 Å². The second-order valence-corrected chi connectivity index (χ2v) is 11.6. The average Bonchev–Trinajstić information content (AvgIpc) is 3.68. The van der Waals surface area contributed by atoms with Crippen molar-refractivity contribution in [3.8, 4) is 11.5 Å². The number of aliphatic carboxylic acids is 1. The van der Waals surface area contributed by atoms with Crippen LogP contribution in [0.5, 0.6) is 11.5 Å². The van der Waals surface area contributed by atoms with Gasteiger partial charge >= 0.3 is 5.97 Å². The summed E-state index contributed by atoms with van der Waals surface area (Å²) in [6.45, 7) is 5.82. The lowest BCUT2D eigenvalue weighted by Gasteiger charge is -2.32. The molecular formula is C35H37N3O6. The van der Waals surface area contributed by atoms with Crippen molar-refractivity contribution in [3.63, 3.8) is 0 Å². The number of carboxylic acid groups (broad SMARTS) is 1. The number of hydrogen-bond acceptors (Lipinski definition) is 6. The molecule has 228 valence electrons. The van der Waals surface area contributed by atoms with Gasteiger partial charge in [-0.25, -0.2) is 4.90 Å². The highest BCUT2D eigenvalue weighted by Crippen LogP contribution is 2.54. The SMILES string of the molecule is CCc1cccc(CC)c1N1C(=O)C2C(c3ccc(OC)c(C)c3OC)NC(Cc3c[nH]c4ccccc34)(C(=O)O)C2C1=O. The maximum Gasteiger partial charge on any atom is 0.325 e. The molecule has 2 amide bonds. The van der Waals surface area contributed by atoms with E-state index in [-0.39, 0.29) is 6.42 Å². The number of nitrogens with one attached hydrogen (secondary N) is 2. The Bertz CT molecular complexity index is 1770. The summed E-state index contributed by atoms with van der Waals surface area (Å²) in [5.41, 5.74) is 3.45. The first-order valence-corrected chi connectivity index (χ1v) is 15.0. The predicted molar refractivity (Wildman–Crippen MR) is 167 cm³/mol. The van der Waals surface area contributed by atoms with E-state index in [9.17, 15) is 19.5 Å². The number of hydrogen-bond donors (Lipinski definition) is 3. The number of benzene rings is 3. The first-order valence-electron chi connectivity index (χ1n) is 15.0. The third-order valence-corrected chi connectivity index (χ3v) is 9.51. The zero-order chi connectivity index (χ0) is 31.3. The van der Waals surface area contributed by atoms with E-state index in [1.807, 2.05) is 63.2 Å². The Morgan fingerprint density at radius 1 is 0.932 bits per heavy atom. The smallest absolute Gasteiger partial charge is 0.325 e. The van der Waals surface area contributed by atoms with Crippen LogP contribution in [-0.2, 0) is 33.6 Å². The number of fused-ring (bicyclic) bond motifs is 2.